The van der Waals surface area contributed by atoms with Gasteiger partial charge in [-0.2, -0.15) is 0 Å². The third-order valence-electron chi connectivity index (χ3n) is 15.0. The molecule has 1 heterocycles. The second-order valence-corrected chi connectivity index (χ2v) is 23.6. The van der Waals surface area contributed by atoms with Crippen molar-refractivity contribution < 1.29 is 57.8 Å². The number of nitrogens with one attached hydrogen (secondary N) is 8. The smallest absolute Gasteiger partial charge is 0.255 e. The van der Waals surface area contributed by atoms with Crippen molar-refractivity contribution in [3.63, 3.8) is 0 Å². The van der Waals surface area contributed by atoms with Crippen LogP contribution in [0.25, 0.3) is 0 Å². The van der Waals surface area contributed by atoms with E-state index in [0.29, 0.717) is 30.5 Å². The fourth-order valence-corrected chi connectivity index (χ4v) is 9.86. The van der Waals surface area contributed by atoms with Gasteiger partial charge in [0.15, 0.2) is 6.04 Å². The van der Waals surface area contributed by atoms with E-state index in [-0.39, 0.29) is 62.9 Å². The number of likely N-dealkylation sites (N-methyl/N-ethyl adjacent to an activating group) is 2. The lowest BCUT2D eigenvalue weighted by Crippen LogP contribution is -2.62. The van der Waals surface area contributed by atoms with Crippen molar-refractivity contribution in [3.8, 4) is 0 Å². The molecule has 476 valence electrons. The van der Waals surface area contributed by atoms with Gasteiger partial charge in [-0.25, -0.2) is 0 Å². The minimum atomic E-state index is -1.88. The van der Waals surface area contributed by atoms with Gasteiger partial charge in [0.1, 0.15) is 36.3 Å². The number of carbonyl (C=O) groups is 11. The van der Waals surface area contributed by atoms with E-state index in [4.69, 9.17) is 0 Å². The standard InChI is InChI=1S/C64H93N11O12/c1-11-42(6)37-66-57(80)50(34-45-24-16-12-17-25-45)70-61(84)55(43(7)76)71-58(81)48(32-40(2)3)67-54(79)39-73(9)63(86)56(64(87)75-30-22-15-23-31-75)72-59(82)49(33-41(4)5)69-60(83)52(36-47-28-20-14-21-29-47)74(10)62(85)51(35-46-26-18-13-19-27-46)68-53(78)38-65-44(8)77/h12-14,16-21,24-29,40-43,48-52,55-56,76H,11,15,22-23,30-39H2,1-10H3,(H,65,77)(H,66,80)(H,67,79)(H,68,78)(H,69,83)(H,70,84)(H,71,81)(H,72,82)/t42-,43+,48-,49-,50-,51-,52-,55-,56-/m0/s1. The third-order valence-corrected chi connectivity index (χ3v) is 15.0. The predicted molar refractivity (Wildman–Crippen MR) is 328 cm³/mol. The molecule has 1 aliphatic rings. The van der Waals surface area contributed by atoms with Gasteiger partial charge in [0.25, 0.3) is 11.8 Å². The number of nitrogens with zero attached hydrogens (tertiary/aromatic N) is 3. The van der Waals surface area contributed by atoms with E-state index in [1.807, 2.05) is 19.9 Å². The molecule has 0 saturated carbocycles. The van der Waals surface area contributed by atoms with Crippen molar-refractivity contribution >= 4 is 65.0 Å². The molecule has 0 bridgehead atoms. The maximum atomic E-state index is 14.8. The van der Waals surface area contributed by atoms with Crippen molar-refractivity contribution in [3.05, 3.63) is 108 Å². The molecule has 1 saturated heterocycles. The lowest BCUT2D eigenvalue weighted by atomic mass is 9.99. The molecule has 0 aromatic heterocycles. The first-order valence-electron chi connectivity index (χ1n) is 30.2. The molecule has 0 unspecified atom stereocenters. The average molecular weight is 1210 g/mol. The SMILES string of the molecule is CC[C@H](C)CNC(=O)[C@H](Cc1ccccc1)NC(=O)[C@@H](NC(=O)[C@H](CC(C)C)NC(=O)CN(C)C(=O)[C@H](NC(=O)[C@H](CC(C)C)NC(=O)[C@H](Cc1ccccc1)N(C)C(=O)[C@H](Cc1ccccc1)NC(=O)CNC(C)=O)C(=O)N1CCCCC1)[C@@H](C)O. The lowest BCUT2D eigenvalue weighted by molar-refractivity contribution is -0.148. The number of aliphatic hydroxyl groups is 1. The number of likely N-dealkylation sites (tertiary alicyclic amines) is 1. The lowest BCUT2D eigenvalue weighted by Gasteiger charge is -2.34. The highest BCUT2D eigenvalue weighted by molar-refractivity contribution is 6.08. The Morgan fingerprint density at radius 1 is 0.529 bits per heavy atom. The van der Waals surface area contributed by atoms with E-state index < -0.39 is 126 Å². The summed E-state index contributed by atoms with van der Waals surface area (Å²) in [6.45, 7) is 13.5. The summed E-state index contributed by atoms with van der Waals surface area (Å²) in [6.07, 6.45) is 1.61. The van der Waals surface area contributed by atoms with Crippen LogP contribution in [0.2, 0.25) is 0 Å². The number of hydrogen-bond acceptors (Lipinski definition) is 12. The van der Waals surface area contributed by atoms with Crippen LogP contribution in [0.5, 0.6) is 0 Å². The Morgan fingerprint density at radius 3 is 1.52 bits per heavy atom. The van der Waals surface area contributed by atoms with Gasteiger partial charge < -0.3 is 62.3 Å². The van der Waals surface area contributed by atoms with Crippen LogP contribution in [0, 0.1) is 17.8 Å². The Labute approximate surface area is 512 Å². The highest BCUT2D eigenvalue weighted by Crippen LogP contribution is 2.17. The van der Waals surface area contributed by atoms with Gasteiger partial charge >= 0.3 is 0 Å². The van der Waals surface area contributed by atoms with E-state index in [2.05, 4.69) is 42.5 Å². The normalized spacial score (nSPS) is 15.3. The largest absolute Gasteiger partial charge is 0.391 e. The number of rotatable bonds is 33. The Balaban J connectivity index is 1.58. The molecular formula is C64H93N11O12. The van der Waals surface area contributed by atoms with Gasteiger partial charge in [-0.3, -0.25) is 52.7 Å². The first-order valence-corrected chi connectivity index (χ1v) is 30.2. The van der Waals surface area contributed by atoms with Crippen LogP contribution in [0.15, 0.2) is 91.0 Å². The van der Waals surface area contributed by atoms with E-state index in [1.165, 1.54) is 37.7 Å². The summed E-state index contributed by atoms with van der Waals surface area (Å²) in [7, 11) is 2.66. The van der Waals surface area contributed by atoms with Crippen LogP contribution in [-0.2, 0) is 72.0 Å². The molecule has 3 aromatic carbocycles. The molecule has 4 rings (SSSR count). The molecular weight excluding hydrogens is 1110 g/mol. The Hall–Kier alpha value is -8.21. The Kier molecular flexibility index (Phi) is 29.5. The molecule has 3 aromatic rings. The predicted octanol–water partition coefficient (Wildman–Crippen LogP) is 1.69. The van der Waals surface area contributed by atoms with Gasteiger partial charge in [0.05, 0.1) is 19.2 Å². The summed E-state index contributed by atoms with van der Waals surface area (Å²) in [5.74, 6) is -8.39. The minimum absolute atomic E-state index is 0.0130. The fraction of sp³-hybridized carbons (Fsp3) is 0.547. The molecule has 23 nitrogen and oxygen atoms in total. The quantitative estimate of drug-likeness (QED) is 0.0394. The third kappa shape index (κ3) is 24.2. The summed E-state index contributed by atoms with van der Waals surface area (Å²) in [5, 5.41) is 32.2. The number of hydrogen-bond donors (Lipinski definition) is 9. The van der Waals surface area contributed by atoms with Crippen molar-refractivity contribution in [2.24, 2.45) is 17.8 Å². The second kappa shape index (κ2) is 36.1. The van der Waals surface area contributed by atoms with Crippen molar-refractivity contribution in [2.45, 2.75) is 162 Å². The molecule has 23 heteroatoms. The van der Waals surface area contributed by atoms with Crippen LogP contribution in [0.3, 0.4) is 0 Å². The maximum absolute atomic E-state index is 14.8. The highest BCUT2D eigenvalue weighted by Gasteiger charge is 2.40. The molecule has 9 N–H and O–H groups in total. The molecule has 87 heavy (non-hydrogen) atoms. The van der Waals surface area contributed by atoms with Crippen LogP contribution >= 0.6 is 0 Å². The van der Waals surface area contributed by atoms with E-state index in [0.717, 1.165) is 23.3 Å². The number of amides is 11. The monoisotopic (exact) mass is 1210 g/mol. The van der Waals surface area contributed by atoms with Crippen LogP contribution in [0.1, 0.15) is 111 Å². The average Bonchev–Trinajstić information content (AvgIpc) is 3.40. The van der Waals surface area contributed by atoms with Crippen molar-refractivity contribution in [1.29, 1.82) is 0 Å². The minimum Gasteiger partial charge on any atom is -0.391 e. The van der Waals surface area contributed by atoms with Crippen LogP contribution < -0.4 is 42.5 Å². The van der Waals surface area contributed by atoms with Crippen LogP contribution in [0.4, 0.5) is 0 Å². The van der Waals surface area contributed by atoms with Gasteiger partial charge in [0, 0.05) is 59.9 Å². The topological polar surface area (TPSA) is 314 Å². The molecule has 1 fully saturated rings. The zero-order valence-corrected chi connectivity index (χ0v) is 52.2. The Bertz CT molecular complexity index is 2760. The molecule has 0 spiro atoms. The summed E-state index contributed by atoms with van der Waals surface area (Å²) in [6, 6.07) is 17.1. The van der Waals surface area contributed by atoms with Crippen molar-refractivity contribution in [2.75, 3.05) is 46.8 Å². The molecule has 11 amide bonds. The first-order chi connectivity index (χ1) is 41.3. The fourth-order valence-electron chi connectivity index (χ4n) is 9.86. The van der Waals surface area contributed by atoms with Gasteiger partial charge in [-0.05, 0) is 73.5 Å². The summed E-state index contributed by atoms with van der Waals surface area (Å²) < 4.78 is 0. The van der Waals surface area contributed by atoms with E-state index in [1.54, 1.807) is 113 Å². The van der Waals surface area contributed by atoms with Crippen molar-refractivity contribution in [1.82, 2.24) is 57.2 Å². The number of aliphatic hydroxyl groups excluding tert-OH is 1. The second-order valence-electron chi connectivity index (χ2n) is 23.6. The molecule has 9 atom stereocenters. The maximum Gasteiger partial charge on any atom is 0.255 e. The van der Waals surface area contributed by atoms with E-state index >= 15 is 0 Å². The molecule has 0 aliphatic carbocycles. The first kappa shape index (κ1) is 71.3. The van der Waals surface area contributed by atoms with E-state index in [9.17, 15) is 57.8 Å². The zero-order valence-electron chi connectivity index (χ0n) is 52.2. The van der Waals surface area contributed by atoms with Gasteiger partial charge in [-0.1, -0.05) is 139 Å². The zero-order chi connectivity index (χ0) is 64.3. The Morgan fingerprint density at radius 2 is 1.01 bits per heavy atom. The molecule has 1 aliphatic heterocycles. The highest BCUT2D eigenvalue weighted by atomic mass is 16.3. The summed E-state index contributed by atoms with van der Waals surface area (Å²) in [4.78, 5) is 157. The summed E-state index contributed by atoms with van der Waals surface area (Å²) >= 11 is 0. The number of benzene rings is 3. The number of piperidine rings is 1. The van der Waals surface area contributed by atoms with Gasteiger partial charge in [-0.15, -0.1) is 0 Å². The van der Waals surface area contributed by atoms with Gasteiger partial charge in [0.2, 0.25) is 53.2 Å². The van der Waals surface area contributed by atoms with Crippen LogP contribution in [-0.4, -0.2) is 180 Å². The summed E-state index contributed by atoms with van der Waals surface area (Å²) in [5.41, 5.74) is 2.11. The number of carbonyl (C=O) groups excluding carboxylic acids is 11. The molecule has 0 radical (unpaired) electrons.